The first kappa shape index (κ1) is 26.4. The maximum atomic E-state index is 13.1. The number of thioether (sulfide) groups is 2. The molecule has 4 heterocycles. The molecule has 4 rings (SSSR count). The third-order valence-electron chi connectivity index (χ3n) is 5.17. The first-order chi connectivity index (χ1) is 17.8. The van der Waals surface area contributed by atoms with Crippen molar-refractivity contribution < 1.29 is 29.1 Å². The Labute approximate surface area is 222 Å². The van der Waals surface area contributed by atoms with Crippen LogP contribution in [0.1, 0.15) is 5.69 Å². The quantitative estimate of drug-likeness (QED) is 0.112. The summed E-state index contributed by atoms with van der Waals surface area (Å²) in [5, 5.41) is 29.5. The number of oxime groups is 1. The highest BCUT2D eigenvalue weighted by Crippen LogP contribution is 2.41. The molecule has 2 aromatic heterocycles. The van der Waals surface area contributed by atoms with Gasteiger partial charge in [-0.2, -0.15) is 0 Å². The van der Waals surface area contributed by atoms with Gasteiger partial charge in [0.15, 0.2) is 5.71 Å². The fourth-order valence-electron chi connectivity index (χ4n) is 3.53. The van der Waals surface area contributed by atoms with Crippen LogP contribution < -0.4 is 10.6 Å². The molecule has 194 valence electrons. The van der Waals surface area contributed by atoms with Gasteiger partial charge in [-0.05, 0) is 28.1 Å². The summed E-state index contributed by atoms with van der Waals surface area (Å²) >= 11 is 8.73. The van der Waals surface area contributed by atoms with Gasteiger partial charge >= 0.3 is 5.97 Å². The molecule has 1 fully saturated rings. The first-order valence-electron chi connectivity index (χ1n) is 10.3. The van der Waals surface area contributed by atoms with Crippen LogP contribution in [0.2, 0.25) is 5.02 Å². The first-order valence-corrected chi connectivity index (χ1v) is 12.7. The summed E-state index contributed by atoms with van der Waals surface area (Å²) in [5.41, 5.74) is -0.0315. The van der Waals surface area contributed by atoms with Gasteiger partial charge < -0.3 is 20.6 Å². The van der Waals surface area contributed by atoms with Gasteiger partial charge in [-0.15, -0.1) is 16.9 Å². The number of carbonyl (C=O) groups is 4. The van der Waals surface area contributed by atoms with E-state index in [0.29, 0.717) is 22.9 Å². The van der Waals surface area contributed by atoms with E-state index in [1.165, 1.54) is 47.4 Å². The average molecular weight is 568 g/mol. The minimum atomic E-state index is -1.26. The molecule has 37 heavy (non-hydrogen) atoms. The van der Waals surface area contributed by atoms with Crippen LogP contribution in [0.5, 0.6) is 0 Å². The Balaban J connectivity index is 1.52. The normalized spacial score (nSPS) is 19.2. The summed E-state index contributed by atoms with van der Waals surface area (Å²) in [6.07, 6.45) is 0.402. The van der Waals surface area contributed by atoms with Crippen molar-refractivity contribution in [3.63, 3.8) is 0 Å². The number of pyridine rings is 1. The Morgan fingerprint density at radius 2 is 2.22 bits per heavy atom. The molecule has 3 N–H and O–H groups in total. The highest BCUT2D eigenvalue weighted by atomic mass is 35.5. The number of nitrogens with one attached hydrogen (secondary N) is 2. The number of halogens is 1. The molecular weight excluding hydrogens is 550 g/mol. The molecule has 1 unspecified atom stereocenters. The SMILES string of the molecule is CO/N=C(\C(=O)NC1C(=O)N2C(C(=O)O)=C(CSc3nnnn3C)CS[C@H]12)c1nc(NC=O)ccc1Cl. The summed E-state index contributed by atoms with van der Waals surface area (Å²) in [5.74, 6) is -2.00. The van der Waals surface area contributed by atoms with E-state index in [4.69, 9.17) is 16.4 Å². The predicted molar refractivity (Wildman–Crippen MR) is 132 cm³/mol. The van der Waals surface area contributed by atoms with Gasteiger partial charge in [-0.1, -0.05) is 28.5 Å². The van der Waals surface area contributed by atoms with Crippen molar-refractivity contribution in [2.75, 3.05) is 23.9 Å². The Hall–Kier alpha value is -3.70. The van der Waals surface area contributed by atoms with Gasteiger partial charge in [0.2, 0.25) is 11.6 Å². The van der Waals surface area contributed by atoms with E-state index in [0.717, 1.165) is 4.90 Å². The molecule has 0 bridgehead atoms. The van der Waals surface area contributed by atoms with Crippen LogP contribution in [-0.4, -0.2) is 95.1 Å². The number of hydrogen-bond donors (Lipinski definition) is 3. The zero-order chi connectivity index (χ0) is 26.7. The van der Waals surface area contributed by atoms with Gasteiger partial charge in [-0.25, -0.2) is 14.5 Å². The van der Waals surface area contributed by atoms with Crippen LogP contribution in [0.25, 0.3) is 0 Å². The molecule has 2 aromatic rings. The number of carboxylic acids is 1. The molecule has 0 saturated carbocycles. The molecule has 2 aliphatic heterocycles. The monoisotopic (exact) mass is 567 g/mol. The second-order valence-corrected chi connectivity index (χ2v) is 9.86. The Bertz CT molecular complexity index is 1330. The van der Waals surface area contributed by atoms with Crippen LogP contribution in [0.3, 0.4) is 0 Å². The third-order valence-corrected chi connectivity index (χ3v) is 7.91. The highest BCUT2D eigenvalue weighted by molar-refractivity contribution is 8.01. The molecule has 3 amide bonds. The van der Waals surface area contributed by atoms with E-state index in [9.17, 15) is 24.3 Å². The van der Waals surface area contributed by atoms with Crippen LogP contribution in [0.15, 0.2) is 33.7 Å². The number of carboxylic acid groups (broad SMARTS) is 1. The van der Waals surface area contributed by atoms with E-state index in [-0.39, 0.29) is 33.7 Å². The minimum Gasteiger partial charge on any atom is -0.477 e. The second kappa shape index (κ2) is 11.1. The van der Waals surface area contributed by atoms with Gasteiger partial charge in [-0.3, -0.25) is 19.3 Å². The Kier molecular flexibility index (Phi) is 7.94. The third kappa shape index (κ3) is 5.23. The summed E-state index contributed by atoms with van der Waals surface area (Å²) in [6.45, 7) is 0. The van der Waals surface area contributed by atoms with Crippen molar-refractivity contribution in [1.82, 2.24) is 35.4 Å². The standard InChI is InChI=1S/C19H18ClN9O6S2/c1-28-19(24-26-27-28)37-6-8-5-36-17-13(16(32)29(17)14(8)18(33)34)23-15(31)12(25-35-2)11-9(20)3-4-10(22-11)21-7-30/h3-4,7,13,17H,5-6H2,1-2H3,(H,23,31)(H,33,34)(H,21,22,30)/b25-12-/t13?,17-/m1/s1. The van der Waals surface area contributed by atoms with Gasteiger partial charge in [0.25, 0.3) is 11.8 Å². The minimum absolute atomic E-state index is 0.0485. The lowest BCUT2D eigenvalue weighted by Gasteiger charge is -2.49. The maximum absolute atomic E-state index is 13.1. The van der Waals surface area contributed by atoms with Crippen molar-refractivity contribution >= 4 is 70.8 Å². The molecule has 0 aliphatic carbocycles. The van der Waals surface area contributed by atoms with E-state index in [1.54, 1.807) is 7.05 Å². The number of aromatic nitrogens is 5. The lowest BCUT2D eigenvalue weighted by atomic mass is 10.0. The number of amides is 3. The van der Waals surface area contributed by atoms with Crippen molar-refractivity contribution in [2.45, 2.75) is 16.6 Å². The Morgan fingerprint density at radius 3 is 2.86 bits per heavy atom. The highest BCUT2D eigenvalue weighted by Gasteiger charge is 2.54. The molecule has 0 aromatic carbocycles. The molecule has 1 saturated heterocycles. The van der Waals surface area contributed by atoms with Crippen LogP contribution >= 0.6 is 35.1 Å². The number of aliphatic carboxylic acids is 1. The summed E-state index contributed by atoms with van der Waals surface area (Å²) in [7, 11) is 2.87. The van der Waals surface area contributed by atoms with Crippen molar-refractivity contribution in [3.8, 4) is 0 Å². The number of hydrogen-bond acceptors (Lipinski definition) is 12. The maximum Gasteiger partial charge on any atom is 0.352 e. The summed E-state index contributed by atoms with van der Waals surface area (Å²) in [6, 6.07) is 1.80. The van der Waals surface area contributed by atoms with E-state index >= 15 is 0 Å². The Morgan fingerprint density at radius 1 is 1.43 bits per heavy atom. The average Bonchev–Trinajstić information content (AvgIpc) is 3.29. The fraction of sp³-hybridized carbons (Fsp3) is 0.316. The summed E-state index contributed by atoms with van der Waals surface area (Å²) < 4.78 is 1.45. The number of carbonyl (C=O) groups excluding carboxylic acids is 3. The van der Waals surface area contributed by atoms with Crippen LogP contribution in [-0.2, 0) is 31.1 Å². The predicted octanol–water partition coefficient (Wildman–Crippen LogP) is -0.292. The van der Waals surface area contributed by atoms with Crippen molar-refractivity contribution in [2.24, 2.45) is 12.2 Å². The zero-order valence-corrected chi connectivity index (χ0v) is 21.5. The molecule has 18 heteroatoms. The number of nitrogens with zero attached hydrogens (tertiary/aromatic N) is 7. The van der Waals surface area contributed by atoms with E-state index in [1.807, 2.05) is 0 Å². The molecule has 2 atom stereocenters. The number of anilines is 1. The lowest BCUT2D eigenvalue weighted by Crippen LogP contribution is -2.71. The molecule has 2 aliphatic rings. The number of fused-ring (bicyclic) bond motifs is 1. The molecule has 15 nitrogen and oxygen atoms in total. The van der Waals surface area contributed by atoms with Crippen molar-refractivity contribution in [3.05, 3.63) is 34.1 Å². The topological polar surface area (TPSA) is 194 Å². The summed E-state index contributed by atoms with van der Waals surface area (Å²) in [4.78, 5) is 58.9. The van der Waals surface area contributed by atoms with Crippen LogP contribution in [0, 0.1) is 0 Å². The number of β-lactam (4-membered cyclic amide) rings is 1. The molecule has 0 radical (unpaired) electrons. The van der Waals surface area contributed by atoms with Gasteiger partial charge in [0.1, 0.15) is 35.7 Å². The van der Waals surface area contributed by atoms with E-state index in [2.05, 4.69) is 36.3 Å². The molecule has 0 spiro atoms. The number of aryl methyl sites for hydroxylation is 1. The van der Waals surface area contributed by atoms with Gasteiger partial charge in [0.05, 0.1) is 5.02 Å². The number of tetrazole rings is 1. The smallest absolute Gasteiger partial charge is 0.352 e. The van der Waals surface area contributed by atoms with Gasteiger partial charge in [0, 0.05) is 18.6 Å². The largest absolute Gasteiger partial charge is 0.477 e. The fourth-order valence-corrected chi connectivity index (χ4v) is 6.06. The van der Waals surface area contributed by atoms with Crippen LogP contribution in [0.4, 0.5) is 5.82 Å². The number of rotatable bonds is 10. The lowest BCUT2D eigenvalue weighted by molar-refractivity contribution is -0.150. The molecular formula is C19H18ClN9O6S2. The second-order valence-electron chi connectivity index (χ2n) is 7.40. The zero-order valence-electron chi connectivity index (χ0n) is 19.1. The van der Waals surface area contributed by atoms with Crippen molar-refractivity contribution in [1.29, 1.82) is 0 Å². The van der Waals surface area contributed by atoms with E-state index < -0.39 is 29.2 Å².